The third-order valence-electron chi connectivity index (χ3n) is 4.20. The number of nitrogens with one attached hydrogen (secondary N) is 1. The molecule has 3 rings (SSSR count). The van der Waals surface area contributed by atoms with Crippen LogP contribution in [0.25, 0.3) is 0 Å². The molecule has 1 aromatic rings. The van der Waals surface area contributed by atoms with E-state index in [9.17, 15) is 18.0 Å². The van der Waals surface area contributed by atoms with Crippen LogP contribution in [0.3, 0.4) is 0 Å². The van der Waals surface area contributed by atoms with Crippen LogP contribution in [0.4, 0.5) is 18.9 Å². The summed E-state index contributed by atoms with van der Waals surface area (Å²) in [5, 5.41) is 3.23. The number of carbonyl (C=O) groups is 1. The van der Waals surface area contributed by atoms with Gasteiger partial charge >= 0.3 is 6.18 Å². The molecule has 4 nitrogen and oxygen atoms in total. The molecular formula is C15H17F3N2O2. The first kappa shape index (κ1) is 15.1. The molecule has 22 heavy (non-hydrogen) atoms. The van der Waals surface area contributed by atoms with Crippen LogP contribution in [0, 0.1) is 11.8 Å². The number of piperidine rings is 1. The van der Waals surface area contributed by atoms with Crippen LogP contribution >= 0.6 is 0 Å². The largest absolute Gasteiger partial charge is 0.484 e. The van der Waals surface area contributed by atoms with Gasteiger partial charge in [-0.3, -0.25) is 4.79 Å². The fraction of sp³-hybridized carbons (Fsp3) is 0.533. The Labute approximate surface area is 126 Å². The zero-order valence-electron chi connectivity index (χ0n) is 11.9. The van der Waals surface area contributed by atoms with E-state index in [0.717, 1.165) is 13.0 Å². The Balaban J connectivity index is 1.66. The second kappa shape index (κ2) is 5.79. The number of amides is 1. The molecule has 0 aromatic heterocycles. The third kappa shape index (κ3) is 3.19. The number of rotatable bonds is 3. The summed E-state index contributed by atoms with van der Waals surface area (Å²) < 4.78 is 41.0. The first-order valence-electron chi connectivity index (χ1n) is 7.26. The second-order valence-corrected chi connectivity index (χ2v) is 5.70. The van der Waals surface area contributed by atoms with E-state index in [-0.39, 0.29) is 17.6 Å². The number of nitrogens with zero attached hydrogens (tertiary/aromatic N) is 1. The van der Waals surface area contributed by atoms with Gasteiger partial charge in [0.2, 0.25) is 5.91 Å². The number of hydrogen-bond donors (Lipinski definition) is 1. The average molecular weight is 314 g/mol. The Hall–Kier alpha value is -1.76. The molecule has 1 unspecified atom stereocenters. The predicted octanol–water partition coefficient (Wildman–Crippen LogP) is 2.20. The van der Waals surface area contributed by atoms with Crippen LogP contribution in [-0.2, 0) is 4.79 Å². The second-order valence-electron chi connectivity index (χ2n) is 5.70. The highest BCUT2D eigenvalue weighted by molar-refractivity contribution is 5.96. The highest BCUT2D eigenvalue weighted by atomic mass is 19.4. The highest BCUT2D eigenvalue weighted by Crippen LogP contribution is 2.31. The Morgan fingerprint density at radius 3 is 2.64 bits per heavy atom. The van der Waals surface area contributed by atoms with Crippen molar-refractivity contribution in [2.75, 3.05) is 31.1 Å². The molecule has 0 radical (unpaired) electrons. The SMILES string of the molecule is O=C1[C@H]2CNCC2CCN1c1ccc(OCC(F)(F)F)cc1. The van der Waals surface area contributed by atoms with Gasteiger partial charge in [0.15, 0.2) is 6.61 Å². The van der Waals surface area contributed by atoms with Gasteiger partial charge in [0.05, 0.1) is 5.92 Å². The molecule has 2 atom stereocenters. The van der Waals surface area contributed by atoms with Crippen LogP contribution in [0.1, 0.15) is 6.42 Å². The lowest BCUT2D eigenvalue weighted by atomic mass is 9.87. The molecule has 2 heterocycles. The van der Waals surface area contributed by atoms with Gasteiger partial charge in [0.25, 0.3) is 0 Å². The van der Waals surface area contributed by atoms with E-state index in [4.69, 9.17) is 0 Å². The molecule has 0 spiro atoms. The fourth-order valence-electron chi connectivity index (χ4n) is 3.07. The topological polar surface area (TPSA) is 41.6 Å². The molecule has 2 saturated heterocycles. The number of hydrogen-bond acceptors (Lipinski definition) is 3. The molecule has 2 aliphatic rings. The number of carbonyl (C=O) groups excluding carboxylic acids is 1. The lowest BCUT2D eigenvalue weighted by molar-refractivity contribution is -0.153. The summed E-state index contributed by atoms with van der Waals surface area (Å²) in [6.07, 6.45) is -3.41. The normalized spacial score (nSPS) is 25.2. The van der Waals surface area contributed by atoms with Gasteiger partial charge in [0.1, 0.15) is 5.75 Å². The zero-order valence-corrected chi connectivity index (χ0v) is 11.9. The molecule has 0 aliphatic carbocycles. The molecular weight excluding hydrogens is 297 g/mol. The summed E-state index contributed by atoms with van der Waals surface area (Å²) in [4.78, 5) is 14.2. The summed E-state index contributed by atoms with van der Waals surface area (Å²) in [5.41, 5.74) is 0.703. The van der Waals surface area contributed by atoms with Gasteiger partial charge in [-0.1, -0.05) is 0 Å². The van der Waals surface area contributed by atoms with E-state index in [1.165, 1.54) is 12.1 Å². The van der Waals surface area contributed by atoms with E-state index >= 15 is 0 Å². The quantitative estimate of drug-likeness (QED) is 0.930. The molecule has 2 aliphatic heterocycles. The minimum Gasteiger partial charge on any atom is -0.484 e. The zero-order chi connectivity index (χ0) is 15.7. The number of benzene rings is 1. The van der Waals surface area contributed by atoms with E-state index in [1.54, 1.807) is 17.0 Å². The lowest BCUT2D eigenvalue weighted by Gasteiger charge is -2.34. The summed E-state index contributed by atoms with van der Waals surface area (Å²) in [7, 11) is 0. The molecule has 7 heteroatoms. The number of alkyl halides is 3. The van der Waals surface area contributed by atoms with Crippen molar-refractivity contribution in [3.05, 3.63) is 24.3 Å². The summed E-state index contributed by atoms with van der Waals surface area (Å²) in [6.45, 7) is 0.913. The van der Waals surface area contributed by atoms with Crippen molar-refractivity contribution in [2.45, 2.75) is 12.6 Å². The van der Waals surface area contributed by atoms with Gasteiger partial charge in [-0.05, 0) is 43.1 Å². The van der Waals surface area contributed by atoms with Crippen LogP contribution < -0.4 is 15.0 Å². The lowest BCUT2D eigenvalue weighted by Crippen LogP contribution is -2.45. The van der Waals surface area contributed by atoms with Gasteiger partial charge in [-0.25, -0.2) is 0 Å². The van der Waals surface area contributed by atoms with Crippen molar-refractivity contribution in [1.82, 2.24) is 5.32 Å². The predicted molar refractivity (Wildman–Crippen MR) is 74.8 cm³/mol. The average Bonchev–Trinajstić information content (AvgIpc) is 2.95. The number of ether oxygens (including phenoxy) is 1. The van der Waals surface area contributed by atoms with Crippen molar-refractivity contribution >= 4 is 11.6 Å². The van der Waals surface area contributed by atoms with E-state index in [0.29, 0.717) is 24.7 Å². The first-order valence-corrected chi connectivity index (χ1v) is 7.26. The molecule has 2 fully saturated rings. The summed E-state index contributed by atoms with van der Waals surface area (Å²) >= 11 is 0. The van der Waals surface area contributed by atoms with Crippen molar-refractivity contribution in [2.24, 2.45) is 11.8 Å². The molecule has 1 aromatic carbocycles. The van der Waals surface area contributed by atoms with Gasteiger partial charge < -0.3 is 15.0 Å². The Morgan fingerprint density at radius 2 is 1.95 bits per heavy atom. The van der Waals surface area contributed by atoms with E-state index in [2.05, 4.69) is 10.1 Å². The van der Waals surface area contributed by atoms with Crippen molar-refractivity contribution in [3.8, 4) is 5.75 Å². The van der Waals surface area contributed by atoms with Crippen molar-refractivity contribution < 1.29 is 22.7 Å². The van der Waals surface area contributed by atoms with Crippen LogP contribution in [-0.4, -0.2) is 38.3 Å². The summed E-state index contributed by atoms with van der Waals surface area (Å²) in [5.74, 6) is 0.643. The minimum absolute atomic E-state index is 0.00917. The monoisotopic (exact) mass is 314 g/mol. The first-order chi connectivity index (χ1) is 10.4. The van der Waals surface area contributed by atoms with Gasteiger partial charge in [0, 0.05) is 18.8 Å². The van der Waals surface area contributed by atoms with Gasteiger partial charge in [-0.15, -0.1) is 0 Å². The van der Waals surface area contributed by atoms with E-state index in [1.807, 2.05) is 0 Å². The van der Waals surface area contributed by atoms with E-state index < -0.39 is 12.8 Å². The Kier molecular flexibility index (Phi) is 3.99. The molecule has 1 N–H and O–H groups in total. The molecule has 0 saturated carbocycles. The minimum atomic E-state index is -4.36. The molecule has 1 amide bonds. The maximum Gasteiger partial charge on any atom is 0.422 e. The molecule has 0 bridgehead atoms. The van der Waals surface area contributed by atoms with Gasteiger partial charge in [-0.2, -0.15) is 13.2 Å². The standard InChI is InChI=1S/C15H17F3N2O2/c16-15(17,18)9-22-12-3-1-11(2-4-12)20-6-5-10-7-19-8-13(10)14(20)21/h1-4,10,13,19H,5-9H2/t10?,13-/m0/s1. The number of fused-ring (bicyclic) bond motifs is 1. The Bertz CT molecular complexity index is 545. The van der Waals surface area contributed by atoms with Crippen LogP contribution in [0.2, 0.25) is 0 Å². The third-order valence-corrected chi connectivity index (χ3v) is 4.20. The smallest absolute Gasteiger partial charge is 0.422 e. The number of anilines is 1. The Morgan fingerprint density at radius 1 is 1.23 bits per heavy atom. The summed E-state index contributed by atoms with van der Waals surface area (Å²) in [6, 6.07) is 6.19. The van der Waals surface area contributed by atoms with Crippen LogP contribution in [0.5, 0.6) is 5.75 Å². The number of halogens is 3. The molecule has 120 valence electrons. The maximum atomic E-state index is 12.5. The highest BCUT2D eigenvalue weighted by Gasteiger charge is 2.39. The van der Waals surface area contributed by atoms with Crippen LogP contribution in [0.15, 0.2) is 24.3 Å². The maximum absolute atomic E-state index is 12.5. The van der Waals surface area contributed by atoms with Crippen molar-refractivity contribution in [3.63, 3.8) is 0 Å². The van der Waals surface area contributed by atoms with Crippen molar-refractivity contribution in [1.29, 1.82) is 0 Å². The fourth-order valence-corrected chi connectivity index (χ4v) is 3.07.